The zero-order chi connectivity index (χ0) is 35.7. The number of halogens is 9. The molecule has 2 aromatic carbocycles. The first kappa shape index (κ1) is 36.1. The van der Waals surface area contributed by atoms with E-state index in [0.717, 1.165) is 16.9 Å². The fraction of sp³-hybridized carbons (Fsp3) is 0.516. The van der Waals surface area contributed by atoms with Crippen molar-refractivity contribution in [2.24, 2.45) is 7.05 Å². The highest BCUT2D eigenvalue weighted by Crippen LogP contribution is 2.39. The maximum atomic E-state index is 14.0. The standard InChI is InChI=1S/C31H33F9N8O/c1-4-25(47-10-8-19(9-11-47)27-41-26(5-2)44-49-27)24-7-6-21(29(32,33)34)14-20(24)17-48(28-42-45-46(3)43-28)16-18-12-22(30(35,36)37)15-23(13-18)31(38,39)40/h6-7,12-15,19,25H,4-5,8-11,16-17H2,1-3H3. The zero-order valence-electron chi connectivity index (χ0n) is 26.7. The lowest BCUT2D eigenvalue weighted by Crippen LogP contribution is -2.37. The normalized spacial score (nSPS) is 15.9. The van der Waals surface area contributed by atoms with Crippen molar-refractivity contribution in [3.8, 4) is 0 Å². The van der Waals surface area contributed by atoms with Gasteiger partial charge in [0.15, 0.2) is 5.82 Å². The lowest BCUT2D eigenvalue weighted by atomic mass is 9.90. The van der Waals surface area contributed by atoms with Crippen LogP contribution < -0.4 is 4.90 Å². The molecular formula is C31H33F9N8O. The van der Waals surface area contributed by atoms with Crippen LogP contribution in [-0.4, -0.2) is 48.3 Å². The molecule has 0 saturated carbocycles. The van der Waals surface area contributed by atoms with Gasteiger partial charge in [-0.15, -0.1) is 5.10 Å². The lowest BCUT2D eigenvalue weighted by Gasteiger charge is -2.38. The van der Waals surface area contributed by atoms with Crippen molar-refractivity contribution in [2.75, 3.05) is 18.0 Å². The van der Waals surface area contributed by atoms with E-state index in [-0.39, 0.29) is 36.1 Å². The number of likely N-dealkylation sites (tertiary alicyclic amines) is 1. The maximum Gasteiger partial charge on any atom is 0.416 e. The van der Waals surface area contributed by atoms with Crippen molar-refractivity contribution in [2.45, 2.75) is 83.1 Å². The molecule has 1 fully saturated rings. The molecule has 1 aliphatic rings. The molecule has 18 heteroatoms. The van der Waals surface area contributed by atoms with Gasteiger partial charge >= 0.3 is 18.5 Å². The van der Waals surface area contributed by atoms with E-state index in [1.54, 1.807) is 0 Å². The fourth-order valence-corrected chi connectivity index (χ4v) is 6.09. The Morgan fingerprint density at radius 1 is 0.857 bits per heavy atom. The maximum absolute atomic E-state index is 14.0. The first-order valence-corrected chi connectivity index (χ1v) is 15.5. The monoisotopic (exact) mass is 704 g/mol. The minimum absolute atomic E-state index is 0.00945. The Balaban J connectivity index is 1.51. The molecule has 2 aromatic heterocycles. The molecular weight excluding hydrogens is 671 g/mol. The van der Waals surface area contributed by atoms with E-state index in [0.29, 0.717) is 68.2 Å². The summed E-state index contributed by atoms with van der Waals surface area (Å²) in [6.07, 6.45) is -12.5. The summed E-state index contributed by atoms with van der Waals surface area (Å²) in [4.78, 5) is 8.79. The van der Waals surface area contributed by atoms with Gasteiger partial charge in [-0.05, 0) is 84.6 Å². The van der Waals surface area contributed by atoms with Crippen LogP contribution in [-0.2, 0) is 45.1 Å². The molecule has 0 spiro atoms. The van der Waals surface area contributed by atoms with Gasteiger partial charge in [-0.3, -0.25) is 4.90 Å². The highest BCUT2D eigenvalue weighted by molar-refractivity contribution is 5.42. The van der Waals surface area contributed by atoms with E-state index in [9.17, 15) is 39.5 Å². The summed E-state index contributed by atoms with van der Waals surface area (Å²) < 4.78 is 129. The topological polar surface area (TPSA) is 89.0 Å². The number of anilines is 1. The third kappa shape index (κ3) is 8.51. The van der Waals surface area contributed by atoms with Crippen molar-refractivity contribution in [1.29, 1.82) is 0 Å². The van der Waals surface area contributed by atoms with E-state index in [1.807, 2.05) is 13.8 Å². The summed E-state index contributed by atoms with van der Waals surface area (Å²) in [7, 11) is 1.39. The van der Waals surface area contributed by atoms with E-state index in [1.165, 1.54) is 18.0 Å². The van der Waals surface area contributed by atoms with Crippen LogP contribution in [0.3, 0.4) is 0 Å². The minimum atomic E-state index is -5.09. The summed E-state index contributed by atoms with van der Waals surface area (Å²) in [6, 6.07) is 4.07. The number of benzene rings is 2. The fourth-order valence-electron chi connectivity index (χ4n) is 6.09. The van der Waals surface area contributed by atoms with Gasteiger partial charge in [0, 0.05) is 31.5 Å². The number of alkyl halides is 9. The second kappa shape index (κ2) is 14.0. The molecule has 9 nitrogen and oxygen atoms in total. The summed E-state index contributed by atoms with van der Waals surface area (Å²) >= 11 is 0. The number of nitrogens with zero attached hydrogens (tertiary/aromatic N) is 8. The number of piperidine rings is 1. The van der Waals surface area contributed by atoms with Crippen LogP contribution >= 0.6 is 0 Å². The van der Waals surface area contributed by atoms with E-state index in [4.69, 9.17) is 4.52 Å². The van der Waals surface area contributed by atoms with Gasteiger partial charge in [0.05, 0.1) is 23.7 Å². The quantitative estimate of drug-likeness (QED) is 0.155. The van der Waals surface area contributed by atoms with Crippen LogP contribution in [0.2, 0.25) is 0 Å². The van der Waals surface area contributed by atoms with Gasteiger partial charge in [-0.2, -0.15) is 49.3 Å². The van der Waals surface area contributed by atoms with Crippen LogP contribution in [0.1, 0.15) is 90.2 Å². The number of hydrogen-bond acceptors (Lipinski definition) is 8. The molecule has 0 radical (unpaired) electrons. The molecule has 0 aliphatic carbocycles. The van der Waals surface area contributed by atoms with Crippen LogP contribution in [0.25, 0.3) is 0 Å². The molecule has 0 bridgehead atoms. The molecule has 3 heterocycles. The predicted molar refractivity (Wildman–Crippen MR) is 157 cm³/mol. The molecule has 1 saturated heterocycles. The van der Waals surface area contributed by atoms with Crippen molar-refractivity contribution in [3.63, 3.8) is 0 Å². The van der Waals surface area contributed by atoms with Gasteiger partial charge in [0.25, 0.3) is 5.95 Å². The van der Waals surface area contributed by atoms with Gasteiger partial charge < -0.3 is 9.42 Å². The molecule has 0 N–H and O–H groups in total. The molecule has 1 unspecified atom stereocenters. The molecule has 4 aromatic rings. The average Bonchev–Trinajstić information content (AvgIpc) is 3.70. The van der Waals surface area contributed by atoms with E-state index < -0.39 is 47.3 Å². The molecule has 0 amide bonds. The highest BCUT2D eigenvalue weighted by Gasteiger charge is 2.38. The van der Waals surface area contributed by atoms with Crippen LogP contribution in [0.15, 0.2) is 40.9 Å². The van der Waals surface area contributed by atoms with Crippen molar-refractivity contribution in [1.82, 2.24) is 35.2 Å². The molecule has 5 rings (SSSR count). The van der Waals surface area contributed by atoms with E-state index >= 15 is 0 Å². The number of tetrazole rings is 1. The van der Waals surface area contributed by atoms with Gasteiger partial charge in [-0.1, -0.05) is 30.2 Å². The molecule has 49 heavy (non-hydrogen) atoms. The van der Waals surface area contributed by atoms with Gasteiger partial charge in [-0.25, -0.2) is 0 Å². The lowest BCUT2D eigenvalue weighted by molar-refractivity contribution is -0.143. The third-order valence-corrected chi connectivity index (χ3v) is 8.50. The summed E-state index contributed by atoms with van der Waals surface area (Å²) in [5, 5.41) is 15.6. The Hall–Kier alpha value is -4.22. The molecule has 266 valence electrons. The SMILES string of the molecule is CCc1noc(C2CCN(C(CC)c3ccc(C(F)(F)F)cc3CN(Cc3cc(C(F)(F)F)cc(C(F)(F)F)c3)c3nnn(C)n3)CC2)n1. The Kier molecular flexibility index (Phi) is 10.3. The Morgan fingerprint density at radius 2 is 1.49 bits per heavy atom. The third-order valence-electron chi connectivity index (χ3n) is 8.50. The minimum Gasteiger partial charge on any atom is -0.339 e. The smallest absolute Gasteiger partial charge is 0.339 e. The van der Waals surface area contributed by atoms with Crippen molar-refractivity contribution >= 4 is 5.95 Å². The summed E-state index contributed by atoms with van der Waals surface area (Å²) in [5.41, 5.74) is -3.73. The second-order valence-electron chi connectivity index (χ2n) is 11.9. The summed E-state index contributed by atoms with van der Waals surface area (Å²) in [5.74, 6) is 0.952. The first-order chi connectivity index (χ1) is 23.0. The number of aryl methyl sites for hydroxylation is 2. The van der Waals surface area contributed by atoms with Crippen LogP contribution in [0.5, 0.6) is 0 Å². The Labute approximate surface area is 275 Å². The summed E-state index contributed by atoms with van der Waals surface area (Å²) in [6.45, 7) is 3.94. The van der Waals surface area contributed by atoms with E-state index in [2.05, 4.69) is 30.5 Å². The van der Waals surface area contributed by atoms with Gasteiger partial charge in [0.1, 0.15) is 0 Å². The average molecular weight is 705 g/mol. The number of hydrogen-bond donors (Lipinski definition) is 0. The van der Waals surface area contributed by atoms with Crippen LogP contribution in [0.4, 0.5) is 45.5 Å². The number of rotatable bonds is 10. The van der Waals surface area contributed by atoms with Gasteiger partial charge in [0.2, 0.25) is 5.89 Å². The predicted octanol–water partition coefficient (Wildman–Crippen LogP) is 7.75. The molecule has 1 aliphatic heterocycles. The highest BCUT2D eigenvalue weighted by atomic mass is 19.4. The van der Waals surface area contributed by atoms with Crippen molar-refractivity contribution in [3.05, 3.63) is 81.5 Å². The van der Waals surface area contributed by atoms with Crippen molar-refractivity contribution < 1.29 is 44.0 Å². The largest absolute Gasteiger partial charge is 0.416 e. The Morgan fingerprint density at radius 3 is 2.00 bits per heavy atom. The van der Waals surface area contributed by atoms with Crippen LogP contribution in [0, 0.1) is 0 Å². The number of aromatic nitrogens is 6. The second-order valence-corrected chi connectivity index (χ2v) is 11.9. The Bertz CT molecular complexity index is 1690. The first-order valence-electron chi connectivity index (χ1n) is 15.5. The molecule has 1 atom stereocenters. The zero-order valence-corrected chi connectivity index (χ0v) is 26.7.